The van der Waals surface area contributed by atoms with Gasteiger partial charge in [0.05, 0.1) is 10.9 Å². The first-order valence-electron chi connectivity index (χ1n) is 11.8. The first kappa shape index (κ1) is 22.7. The van der Waals surface area contributed by atoms with Crippen LogP contribution in [0.4, 0.5) is 0 Å². The molecule has 1 N–H and O–H groups in total. The molecule has 8 nitrogen and oxygen atoms in total. The summed E-state index contributed by atoms with van der Waals surface area (Å²) in [6.07, 6.45) is 5.45. The van der Waals surface area contributed by atoms with E-state index < -0.39 is 10.0 Å². The SMILES string of the molecule is O=C(CCc1nc(-c2ccc(S(=O)(=O)N3CCCC3)cc2)no1)N[C@H]1CCCc2ccccc21. The van der Waals surface area contributed by atoms with Gasteiger partial charge >= 0.3 is 0 Å². The summed E-state index contributed by atoms with van der Waals surface area (Å²) < 4.78 is 32.2. The molecule has 1 aromatic heterocycles. The highest BCUT2D eigenvalue weighted by molar-refractivity contribution is 7.89. The number of rotatable bonds is 7. The summed E-state index contributed by atoms with van der Waals surface area (Å²) in [5, 5.41) is 7.14. The van der Waals surface area contributed by atoms with Gasteiger partial charge in [0.15, 0.2) is 0 Å². The number of sulfonamides is 1. The number of hydrogen-bond acceptors (Lipinski definition) is 6. The number of nitrogens with one attached hydrogen (secondary N) is 1. The number of aryl methyl sites for hydroxylation is 2. The largest absolute Gasteiger partial charge is 0.349 e. The Kier molecular flexibility index (Phi) is 6.47. The van der Waals surface area contributed by atoms with Gasteiger partial charge in [0.2, 0.25) is 27.6 Å². The predicted octanol–water partition coefficient (Wildman–Crippen LogP) is 3.65. The van der Waals surface area contributed by atoms with Gasteiger partial charge in [-0.15, -0.1) is 0 Å². The average molecular weight is 481 g/mol. The lowest BCUT2D eigenvalue weighted by Crippen LogP contribution is -2.31. The van der Waals surface area contributed by atoms with Crippen molar-refractivity contribution in [3.63, 3.8) is 0 Å². The number of nitrogens with zero attached hydrogens (tertiary/aromatic N) is 3. The third-order valence-electron chi connectivity index (χ3n) is 6.55. The van der Waals surface area contributed by atoms with E-state index in [0.717, 1.165) is 32.1 Å². The van der Waals surface area contributed by atoms with Crippen LogP contribution in [0.15, 0.2) is 57.9 Å². The zero-order valence-electron chi connectivity index (χ0n) is 18.9. The van der Waals surface area contributed by atoms with Gasteiger partial charge in [0.25, 0.3) is 0 Å². The van der Waals surface area contributed by atoms with Crippen LogP contribution in [0.5, 0.6) is 0 Å². The molecule has 5 rings (SSSR count). The molecule has 3 aromatic rings. The second kappa shape index (κ2) is 9.68. The minimum Gasteiger partial charge on any atom is -0.349 e. The van der Waals surface area contributed by atoms with Crippen LogP contribution in [0.2, 0.25) is 0 Å². The molecule has 34 heavy (non-hydrogen) atoms. The Labute approximate surface area is 199 Å². The summed E-state index contributed by atoms with van der Waals surface area (Å²) in [5.74, 6) is 0.711. The fourth-order valence-electron chi connectivity index (χ4n) is 4.72. The van der Waals surface area contributed by atoms with E-state index in [1.807, 2.05) is 12.1 Å². The molecule has 0 radical (unpaired) electrons. The Morgan fingerprint density at radius 3 is 2.62 bits per heavy atom. The van der Waals surface area contributed by atoms with Gasteiger partial charge < -0.3 is 9.84 Å². The number of carbonyl (C=O) groups excluding carboxylic acids is 1. The van der Waals surface area contributed by atoms with Crippen LogP contribution in [0, 0.1) is 0 Å². The second-order valence-electron chi connectivity index (χ2n) is 8.86. The smallest absolute Gasteiger partial charge is 0.243 e. The zero-order chi connectivity index (χ0) is 23.5. The predicted molar refractivity (Wildman–Crippen MR) is 126 cm³/mol. The molecule has 2 aromatic carbocycles. The topological polar surface area (TPSA) is 105 Å². The molecular formula is C25H28N4O4S. The summed E-state index contributed by atoms with van der Waals surface area (Å²) in [6.45, 7) is 1.14. The van der Waals surface area contributed by atoms with Crippen molar-refractivity contribution in [3.05, 3.63) is 65.5 Å². The molecule has 1 aliphatic heterocycles. The maximum absolute atomic E-state index is 12.7. The molecule has 0 saturated carbocycles. The van der Waals surface area contributed by atoms with Crippen LogP contribution in [0.25, 0.3) is 11.4 Å². The normalized spacial score (nSPS) is 18.5. The Morgan fingerprint density at radius 2 is 1.82 bits per heavy atom. The molecule has 1 fully saturated rings. The first-order chi connectivity index (χ1) is 16.5. The van der Waals surface area contributed by atoms with Crippen molar-refractivity contribution >= 4 is 15.9 Å². The minimum absolute atomic E-state index is 0.0436. The van der Waals surface area contributed by atoms with Crippen molar-refractivity contribution in [2.24, 2.45) is 0 Å². The summed E-state index contributed by atoms with van der Waals surface area (Å²) in [6, 6.07) is 14.8. The maximum atomic E-state index is 12.7. The van der Waals surface area contributed by atoms with Gasteiger partial charge in [-0.25, -0.2) is 8.42 Å². The molecule has 2 aliphatic rings. The number of amides is 1. The van der Waals surface area contributed by atoms with Crippen LogP contribution in [0.3, 0.4) is 0 Å². The average Bonchev–Trinajstić information content (AvgIpc) is 3.56. The van der Waals surface area contributed by atoms with E-state index in [-0.39, 0.29) is 23.3 Å². The Balaban J connectivity index is 1.18. The van der Waals surface area contributed by atoms with Crippen molar-refractivity contribution < 1.29 is 17.7 Å². The highest BCUT2D eigenvalue weighted by atomic mass is 32.2. The number of hydrogen-bond donors (Lipinski definition) is 1. The van der Waals surface area contributed by atoms with E-state index in [0.29, 0.717) is 36.8 Å². The fourth-order valence-corrected chi connectivity index (χ4v) is 6.24. The maximum Gasteiger partial charge on any atom is 0.243 e. The van der Waals surface area contributed by atoms with Crippen LogP contribution >= 0.6 is 0 Å². The van der Waals surface area contributed by atoms with Crippen LogP contribution in [0.1, 0.15) is 55.2 Å². The molecule has 1 aliphatic carbocycles. The first-order valence-corrected chi connectivity index (χ1v) is 13.2. The standard InChI is InChI=1S/C25H28N4O4S/c30-23(26-22-9-5-7-18-6-1-2-8-21(18)22)14-15-24-27-25(28-33-24)19-10-12-20(13-11-19)34(31,32)29-16-3-4-17-29/h1-2,6,8,10-13,22H,3-5,7,9,14-17H2,(H,26,30)/t22-/m0/s1. The van der Waals surface area contributed by atoms with Crippen molar-refractivity contribution in [1.29, 1.82) is 0 Å². The fraction of sp³-hybridized carbons (Fsp3) is 0.400. The van der Waals surface area contributed by atoms with Gasteiger partial charge in [0.1, 0.15) is 0 Å². The van der Waals surface area contributed by atoms with Gasteiger partial charge in [-0.05, 0) is 67.5 Å². The van der Waals surface area contributed by atoms with Gasteiger partial charge in [0, 0.05) is 31.5 Å². The van der Waals surface area contributed by atoms with Crippen LogP contribution < -0.4 is 5.32 Å². The minimum atomic E-state index is -3.46. The van der Waals surface area contributed by atoms with Crippen molar-refractivity contribution in [2.45, 2.75) is 55.9 Å². The quantitative estimate of drug-likeness (QED) is 0.553. The van der Waals surface area contributed by atoms with Gasteiger partial charge in [-0.1, -0.05) is 29.4 Å². The highest BCUT2D eigenvalue weighted by Crippen LogP contribution is 2.29. The van der Waals surface area contributed by atoms with Crippen molar-refractivity contribution in [2.75, 3.05) is 13.1 Å². The molecular weight excluding hydrogens is 452 g/mol. The number of benzene rings is 2. The molecule has 1 atom stereocenters. The molecule has 178 valence electrons. The third kappa shape index (κ3) is 4.76. The molecule has 9 heteroatoms. The molecule has 1 amide bonds. The molecule has 0 spiro atoms. The van der Waals surface area contributed by atoms with E-state index in [4.69, 9.17) is 4.52 Å². The number of aromatic nitrogens is 2. The second-order valence-corrected chi connectivity index (χ2v) is 10.8. The van der Waals surface area contributed by atoms with Crippen molar-refractivity contribution in [1.82, 2.24) is 19.8 Å². The Hall–Kier alpha value is -3.04. The third-order valence-corrected chi connectivity index (χ3v) is 8.47. The number of carbonyl (C=O) groups is 1. The van der Waals surface area contributed by atoms with Crippen LogP contribution in [-0.4, -0.2) is 41.9 Å². The summed E-state index contributed by atoms with van der Waals surface area (Å²) >= 11 is 0. The van der Waals surface area contributed by atoms with E-state index in [2.05, 4.69) is 27.6 Å². The molecule has 0 unspecified atom stereocenters. The number of fused-ring (bicyclic) bond motifs is 1. The summed E-state index contributed by atoms with van der Waals surface area (Å²) in [7, 11) is -3.46. The van der Waals surface area contributed by atoms with Gasteiger partial charge in [-0.2, -0.15) is 9.29 Å². The van der Waals surface area contributed by atoms with Crippen molar-refractivity contribution in [3.8, 4) is 11.4 Å². The zero-order valence-corrected chi connectivity index (χ0v) is 19.8. The van der Waals surface area contributed by atoms with Crippen LogP contribution in [-0.2, 0) is 27.7 Å². The van der Waals surface area contributed by atoms with Gasteiger partial charge in [-0.3, -0.25) is 4.79 Å². The molecule has 2 heterocycles. The molecule has 0 bridgehead atoms. The Morgan fingerprint density at radius 1 is 1.06 bits per heavy atom. The monoisotopic (exact) mass is 480 g/mol. The summed E-state index contributed by atoms with van der Waals surface area (Å²) in [5.41, 5.74) is 3.18. The lowest BCUT2D eigenvalue weighted by molar-refractivity contribution is -0.122. The molecule has 1 saturated heterocycles. The summed E-state index contributed by atoms with van der Waals surface area (Å²) in [4.78, 5) is 17.2. The van der Waals surface area contributed by atoms with E-state index >= 15 is 0 Å². The lowest BCUT2D eigenvalue weighted by atomic mass is 9.87. The van der Waals surface area contributed by atoms with E-state index in [9.17, 15) is 13.2 Å². The lowest BCUT2D eigenvalue weighted by Gasteiger charge is -2.26. The van der Waals surface area contributed by atoms with E-state index in [1.165, 1.54) is 15.4 Å². The highest BCUT2D eigenvalue weighted by Gasteiger charge is 2.27. The Bertz CT molecular complexity index is 1260. The van der Waals surface area contributed by atoms with E-state index in [1.54, 1.807) is 24.3 Å².